The number of sulfonamides is 1. The highest BCUT2D eigenvalue weighted by atomic mass is 32.2. The molecule has 0 bridgehead atoms. The van der Waals surface area contributed by atoms with Gasteiger partial charge in [-0.1, -0.05) is 6.07 Å². The second-order valence-electron chi connectivity index (χ2n) is 6.78. The first-order chi connectivity index (χ1) is 13.3. The van der Waals surface area contributed by atoms with Crippen molar-refractivity contribution in [1.82, 2.24) is 8.87 Å². The molecule has 0 aliphatic rings. The molecule has 1 aromatic carbocycles. The predicted octanol–water partition coefficient (Wildman–Crippen LogP) is 4.49. The molecule has 0 spiro atoms. The first-order valence-corrected chi connectivity index (χ1v) is 11.5. The summed E-state index contributed by atoms with van der Waals surface area (Å²) in [6.07, 6.45) is 1.93. The van der Waals surface area contributed by atoms with Gasteiger partial charge in [0.1, 0.15) is 5.75 Å². The first kappa shape index (κ1) is 20.6. The molecular weight excluding hydrogens is 392 g/mol. The maximum absolute atomic E-state index is 13.6. The Kier molecular flexibility index (Phi) is 6.27. The Morgan fingerprint density at radius 1 is 1.11 bits per heavy atom. The molecule has 2 aromatic heterocycles. The summed E-state index contributed by atoms with van der Waals surface area (Å²) in [5.74, 6) is 0.758. The van der Waals surface area contributed by atoms with Crippen molar-refractivity contribution in [2.45, 2.75) is 38.8 Å². The predicted molar refractivity (Wildman–Crippen MR) is 113 cm³/mol. The van der Waals surface area contributed by atoms with E-state index in [4.69, 9.17) is 4.74 Å². The summed E-state index contributed by atoms with van der Waals surface area (Å²) >= 11 is 1.56. The molecule has 3 aromatic rings. The molecule has 0 radical (unpaired) electrons. The van der Waals surface area contributed by atoms with Gasteiger partial charge in [0.25, 0.3) is 0 Å². The lowest BCUT2D eigenvalue weighted by Crippen LogP contribution is -2.31. The van der Waals surface area contributed by atoms with Gasteiger partial charge in [-0.2, -0.15) is 4.31 Å². The minimum atomic E-state index is -3.68. The van der Waals surface area contributed by atoms with Crippen LogP contribution in [0, 0.1) is 13.8 Å². The van der Waals surface area contributed by atoms with Gasteiger partial charge >= 0.3 is 0 Å². The van der Waals surface area contributed by atoms with E-state index in [-0.39, 0.29) is 0 Å². The fraction of sp³-hybridized carbons (Fsp3) is 0.333. The van der Waals surface area contributed by atoms with Crippen molar-refractivity contribution in [3.63, 3.8) is 0 Å². The van der Waals surface area contributed by atoms with Gasteiger partial charge < -0.3 is 9.30 Å². The number of aromatic nitrogens is 1. The summed E-state index contributed by atoms with van der Waals surface area (Å²) in [5.41, 5.74) is 2.60. The van der Waals surface area contributed by atoms with E-state index < -0.39 is 10.0 Å². The summed E-state index contributed by atoms with van der Waals surface area (Å²) in [7, 11) is -1.75. The number of hydrogen-bond acceptors (Lipinski definition) is 4. The molecule has 3 rings (SSSR count). The number of thiophene rings is 1. The van der Waals surface area contributed by atoms with Crippen LogP contribution in [0.1, 0.15) is 28.6 Å². The van der Waals surface area contributed by atoms with Crippen LogP contribution in [-0.4, -0.2) is 23.9 Å². The Bertz CT molecular complexity index is 1010. The lowest BCUT2D eigenvalue weighted by atomic mass is 10.1. The van der Waals surface area contributed by atoms with E-state index in [2.05, 4.69) is 0 Å². The van der Waals surface area contributed by atoms with Gasteiger partial charge in [-0.25, -0.2) is 8.42 Å². The molecule has 2 heterocycles. The van der Waals surface area contributed by atoms with Gasteiger partial charge in [0.2, 0.25) is 10.0 Å². The van der Waals surface area contributed by atoms with Crippen molar-refractivity contribution >= 4 is 21.4 Å². The van der Waals surface area contributed by atoms with Crippen LogP contribution in [0.2, 0.25) is 0 Å². The van der Waals surface area contributed by atoms with Crippen LogP contribution in [0.3, 0.4) is 0 Å². The van der Waals surface area contributed by atoms with Crippen molar-refractivity contribution in [2.24, 2.45) is 7.05 Å². The minimum Gasteiger partial charge on any atom is -0.493 e. The van der Waals surface area contributed by atoms with Crippen LogP contribution < -0.4 is 4.74 Å². The quantitative estimate of drug-likeness (QED) is 0.541. The average molecular weight is 419 g/mol. The largest absolute Gasteiger partial charge is 0.493 e. The van der Waals surface area contributed by atoms with E-state index in [0.29, 0.717) is 24.6 Å². The van der Waals surface area contributed by atoms with Gasteiger partial charge in [-0.15, -0.1) is 11.3 Å². The third-order valence-electron chi connectivity index (χ3n) is 4.66. The molecule has 5 nitrogen and oxygen atoms in total. The van der Waals surface area contributed by atoms with E-state index in [1.54, 1.807) is 27.8 Å². The third kappa shape index (κ3) is 4.32. The second-order valence-corrected chi connectivity index (χ2v) is 9.75. The molecule has 0 saturated heterocycles. The van der Waals surface area contributed by atoms with Crippen molar-refractivity contribution in [2.75, 3.05) is 6.61 Å². The lowest BCUT2D eigenvalue weighted by molar-refractivity contribution is 0.335. The molecule has 0 atom stereocenters. The normalized spacial score (nSPS) is 11.9. The molecule has 0 unspecified atom stereocenters. The van der Waals surface area contributed by atoms with Crippen LogP contribution in [0.25, 0.3) is 0 Å². The molecule has 0 aliphatic heterocycles. The minimum absolute atomic E-state index is 0.303. The summed E-state index contributed by atoms with van der Waals surface area (Å²) in [6.45, 7) is 6.90. The van der Waals surface area contributed by atoms with E-state index in [9.17, 15) is 8.42 Å². The highest BCUT2D eigenvalue weighted by Crippen LogP contribution is 2.30. The van der Waals surface area contributed by atoms with Gasteiger partial charge in [0.05, 0.1) is 18.0 Å². The Morgan fingerprint density at radius 3 is 2.36 bits per heavy atom. The van der Waals surface area contributed by atoms with Crippen LogP contribution in [0.15, 0.2) is 52.9 Å². The highest BCUT2D eigenvalue weighted by Gasteiger charge is 2.27. The summed E-state index contributed by atoms with van der Waals surface area (Å²) in [4.78, 5) is 1.31. The Hall–Kier alpha value is -2.09. The monoisotopic (exact) mass is 418 g/mol. The fourth-order valence-electron chi connectivity index (χ4n) is 3.22. The number of hydrogen-bond donors (Lipinski definition) is 0. The molecule has 0 N–H and O–H groups in total. The molecule has 0 aliphatic carbocycles. The summed E-state index contributed by atoms with van der Waals surface area (Å²) in [5, 5.41) is 1.97. The standard InChI is InChI=1S/C21H26N2O3S2/c1-5-26-21-16(2)12-20(13-17(21)3)28(24,25)23(15-19-9-7-11-27-19)14-18-8-6-10-22(18)4/h6-13H,5,14-15H2,1-4H3. The molecule has 150 valence electrons. The number of aryl methyl sites for hydroxylation is 3. The summed E-state index contributed by atoms with van der Waals surface area (Å²) in [6, 6.07) is 11.2. The smallest absolute Gasteiger partial charge is 0.243 e. The molecule has 0 saturated carbocycles. The Morgan fingerprint density at radius 2 is 1.82 bits per heavy atom. The first-order valence-electron chi connectivity index (χ1n) is 9.19. The van der Waals surface area contributed by atoms with Crippen LogP contribution in [-0.2, 0) is 30.2 Å². The van der Waals surface area contributed by atoms with E-state index >= 15 is 0 Å². The topological polar surface area (TPSA) is 51.5 Å². The van der Waals surface area contributed by atoms with E-state index in [1.165, 1.54) is 0 Å². The van der Waals surface area contributed by atoms with Gasteiger partial charge in [0.15, 0.2) is 0 Å². The zero-order valence-electron chi connectivity index (χ0n) is 16.7. The number of benzene rings is 1. The third-order valence-corrected chi connectivity index (χ3v) is 7.29. The van der Waals surface area contributed by atoms with Crippen molar-refractivity contribution in [3.8, 4) is 5.75 Å². The molecule has 0 amide bonds. The molecule has 7 heteroatoms. The van der Waals surface area contributed by atoms with Crippen LogP contribution >= 0.6 is 11.3 Å². The van der Waals surface area contributed by atoms with Crippen molar-refractivity contribution in [3.05, 3.63) is 69.7 Å². The summed E-state index contributed by atoms with van der Waals surface area (Å²) < 4.78 is 36.3. The van der Waals surface area contributed by atoms with Crippen molar-refractivity contribution in [1.29, 1.82) is 0 Å². The number of ether oxygens (including phenoxy) is 1. The SMILES string of the molecule is CCOc1c(C)cc(S(=O)(=O)N(Cc2cccs2)Cc2cccn2C)cc1C. The fourth-order valence-corrected chi connectivity index (χ4v) is 5.59. The van der Waals surface area contributed by atoms with Gasteiger partial charge in [0, 0.05) is 30.4 Å². The Balaban J connectivity index is 2.01. The molecule has 28 heavy (non-hydrogen) atoms. The van der Waals surface area contributed by atoms with Crippen LogP contribution in [0.4, 0.5) is 0 Å². The van der Waals surface area contributed by atoms with Gasteiger partial charge in [-0.05, 0) is 67.6 Å². The van der Waals surface area contributed by atoms with E-state index in [0.717, 1.165) is 27.4 Å². The lowest BCUT2D eigenvalue weighted by Gasteiger charge is -2.23. The van der Waals surface area contributed by atoms with E-state index in [1.807, 2.05) is 68.2 Å². The molecule has 0 fully saturated rings. The number of nitrogens with zero attached hydrogens (tertiary/aromatic N) is 2. The average Bonchev–Trinajstić information content (AvgIpc) is 3.29. The second kappa shape index (κ2) is 8.51. The highest BCUT2D eigenvalue weighted by molar-refractivity contribution is 7.89. The maximum atomic E-state index is 13.6. The molecular formula is C21H26N2O3S2. The Labute approximate surface area is 171 Å². The zero-order chi connectivity index (χ0) is 20.3. The maximum Gasteiger partial charge on any atom is 0.243 e. The van der Waals surface area contributed by atoms with Crippen LogP contribution in [0.5, 0.6) is 5.75 Å². The zero-order valence-corrected chi connectivity index (χ0v) is 18.3. The van der Waals surface area contributed by atoms with Crippen molar-refractivity contribution < 1.29 is 13.2 Å². The number of rotatable bonds is 8. The van der Waals surface area contributed by atoms with Gasteiger partial charge in [-0.3, -0.25) is 0 Å².